The number of ether oxygens (including phenoxy) is 3. The molecule has 0 spiro atoms. The Morgan fingerprint density at radius 1 is 0.833 bits per heavy atom. The molecular formula is C20H23NO3. The van der Waals surface area contributed by atoms with Gasteiger partial charge in [-0.3, -0.25) is 0 Å². The molecule has 0 radical (unpaired) electrons. The molecule has 2 aromatic rings. The Bertz CT molecular complexity index is 576. The van der Waals surface area contributed by atoms with E-state index in [1.807, 2.05) is 24.3 Å². The van der Waals surface area contributed by atoms with Crippen LogP contribution in [0, 0.1) is 0 Å². The van der Waals surface area contributed by atoms with Crippen molar-refractivity contribution >= 4 is 0 Å². The summed E-state index contributed by atoms with van der Waals surface area (Å²) >= 11 is 0. The van der Waals surface area contributed by atoms with Crippen LogP contribution in [0.4, 0.5) is 0 Å². The van der Waals surface area contributed by atoms with Gasteiger partial charge in [0.25, 0.3) is 0 Å². The van der Waals surface area contributed by atoms with E-state index in [1.54, 1.807) is 0 Å². The Labute approximate surface area is 142 Å². The lowest BCUT2D eigenvalue weighted by Crippen LogP contribution is -2.41. The average molecular weight is 325 g/mol. The van der Waals surface area contributed by atoms with Gasteiger partial charge in [-0.2, -0.15) is 0 Å². The van der Waals surface area contributed by atoms with Crippen molar-refractivity contribution in [3.8, 4) is 0 Å². The van der Waals surface area contributed by atoms with E-state index in [-0.39, 0.29) is 24.4 Å². The highest BCUT2D eigenvalue weighted by molar-refractivity contribution is 5.15. The summed E-state index contributed by atoms with van der Waals surface area (Å²) in [6.45, 7) is 2.71. The minimum atomic E-state index is 0.0127. The number of fused-ring (bicyclic) bond motifs is 1. The standard InChI is InChI=1S/C20H23NO3/c1-3-7-15(8-4-1)11-21-17-13-23-20-18(14-24-19(17)20)22-12-16-9-5-2-6-10-16/h1-10,17-21H,11-14H2/t17-,18+,19-,20-/m1/s1. The van der Waals surface area contributed by atoms with Crippen LogP contribution < -0.4 is 5.32 Å². The lowest BCUT2D eigenvalue weighted by molar-refractivity contribution is -0.0393. The van der Waals surface area contributed by atoms with Gasteiger partial charge in [0.05, 0.1) is 25.9 Å². The molecule has 2 aliphatic heterocycles. The van der Waals surface area contributed by atoms with Gasteiger partial charge in [0.1, 0.15) is 18.3 Å². The minimum Gasteiger partial charge on any atom is -0.371 e. The number of nitrogens with one attached hydrogen (secondary N) is 1. The maximum absolute atomic E-state index is 6.04. The normalized spacial score (nSPS) is 28.8. The number of hydrogen-bond acceptors (Lipinski definition) is 4. The predicted octanol–water partition coefficient (Wildman–Crippen LogP) is 2.53. The van der Waals surface area contributed by atoms with Crippen molar-refractivity contribution in [1.82, 2.24) is 5.32 Å². The predicted molar refractivity (Wildman–Crippen MR) is 91.6 cm³/mol. The summed E-state index contributed by atoms with van der Waals surface area (Å²) in [6.07, 6.45) is 0.121. The van der Waals surface area contributed by atoms with Gasteiger partial charge >= 0.3 is 0 Å². The van der Waals surface area contributed by atoms with E-state index in [2.05, 4.69) is 41.7 Å². The molecule has 24 heavy (non-hydrogen) atoms. The highest BCUT2D eigenvalue weighted by Crippen LogP contribution is 2.29. The average Bonchev–Trinajstić information content (AvgIpc) is 3.22. The largest absolute Gasteiger partial charge is 0.371 e. The third-order valence-corrected chi connectivity index (χ3v) is 4.73. The summed E-state index contributed by atoms with van der Waals surface area (Å²) in [7, 11) is 0. The van der Waals surface area contributed by atoms with Crippen LogP contribution in [-0.2, 0) is 27.4 Å². The highest BCUT2D eigenvalue weighted by atomic mass is 16.6. The van der Waals surface area contributed by atoms with Crippen molar-refractivity contribution in [2.24, 2.45) is 0 Å². The van der Waals surface area contributed by atoms with Crippen molar-refractivity contribution < 1.29 is 14.2 Å². The van der Waals surface area contributed by atoms with Crippen LogP contribution in [-0.4, -0.2) is 37.6 Å². The molecule has 1 N–H and O–H groups in total. The molecule has 0 aliphatic carbocycles. The molecule has 4 rings (SSSR count). The fraction of sp³-hybridized carbons (Fsp3) is 0.400. The first kappa shape index (κ1) is 15.8. The summed E-state index contributed by atoms with van der Waals surface area (Å²) in [5, 5.41) is 3.56. The van der Waals surface area contributed by atoms with Crippen molar-refractivity contribution in [2.75, 3.05) is 13.2 Å². The van der Waals surface area contributed by atoms with E-state index in [4.69, 9.17) is 14.2 Å². The second-order valence-corrected chi connectivity index (χ2v) is 6.40. The van der Waals surface area contributed by atoms with E-state index < -0.39 is 0 Å². The van der Waals surface area contributed by atoms with Crippen molar-refractivity contribution in [3.05, 3.63) is 71.8 Å². The smallest absolute Gasteiger partial charge is 0.114 e. The first-order valence-corrected chi connectivity index (χ1v) is 8.56. The zero-order chi connectivity index (χ0) is 16.2. The van der Waals surface area contributed by atoms with E-state index in [9.17, 15) is 0 Å². The van der Waals surface area contributed by atoms with Gasteiger partial charge in [-0.15, -0.1) is 0 Å². The van der Waals surface area contributed by atoms with E-state index >= 15 is 0 Å². The molecule has 2 heterocycles. The summed E-state index contributed by atoms with van der Waals surface area (Å²) in [6, 6.07) is 20.9. The molecule has 2 aromatic carbocycles. The molecule has 2 fully saturated rings. The maximum Gasteiger partial charge on any atom is 0.114 e. The first-order valence-electron chi connectivity index (χ1n) is 8.56. The zero-order valence-corrected chi connectivity index (χ0v) is 13.6. The Morgan fingerprint density at radius 3 is 2.25 bits per heavy atom. The molecule has 2 saturated heterocycles. The molecule has 0 saturated carbocycles. The van der Waals surface area contributed by atoms with E-state index in [1.165, 1.54) is 11.1 Å². The lowest BCUT2D eigenvalue weighted by atomic mass is 10.1. The molecule has 0 amide bonds. The van der Waals surface area contributed by atoms with Crippen molar-refractivity contribution in [1.29, 1.82) is 0 Å². The summed E-state index contributed by atoms with van der Waals surface area (Å²) < 4.78 is 18.0. The topological polar surface area (TPSA) is 39.7 Å². The Morgan fingerprint density at radius 2 is 1.50 bits per heavy atom. The van der Waals surface area contributed by atoms with Gasteiger partial charge in [-0.1, -0.05) is 60.7 Å². The SMILES string of the molecule is c1ccc(CN[C@@H]2CO[C@H]3[C@@H]2OC[C@@H]3OCc2ccccc2)cc1. The monoisotopic (exact) mass is 325 g/mol. The summed E-state index contributed by atoms with van der Waals surface area (Å²) in [4.78, 5) is 0. The van der Waals surface area contributed by atoms with Crippen LogP contribution in [0.15, 0.2) is 60.7 Å². The Hall–Kier alpha value is -1.72. The van der Waals surface area contributed by atoms with Gasteiger partial charge in [0.2, 0.25) is 0 Å². The molecule has 4 nitrogen and oxygen atoms in total. The van der Waals surface area contributed by atoms with Gasteiger partial charge < -0.3 is 19.5 Å². The van der Waals surface area contributed by atoms with Crippen LogP contribution >= 0.6 is 0 Å². The molecule has 0 aromatic heterocycles. The van der Waals surface area contributed by atoms with Gasteiger partial charge in [0, 0.05) is 6.54 Å². The van der Waals surface area contributed by atoms with Crippen LogP contribution in [0.5, 0.6) is 0 Å². The zero-order valence-electron chi connectivity index (χ0n) is 13.6. The quantitative estimate of drug-likeness (QED) is 0.886. The Balaban J connectivity index is 1.29. The van der Waals surface area contributed by atoms with Gasteiger partial charge in [-0.05, 0) is 11.1 Å². The molecular weight excluding hydrogens is 302 g/mol. The van der Waals surface area contributed by atoms with E-state index in [0.29, 0.717) is 19.8 Å². The van der Waals surface area contributed by atoms with Gasteiger partial charge in [-0.25, -0.2) is 0 Å². The maximum atomic E-state index is 6.04. The van der Waals surface area contributed by atoms with Crippen LogP contribution in [0.3, 0.4) is 0 Å². The third-order valence-electron chi connectivity index (χ3n) is 4.73. The van der Waals surface area contributed by atoms with Crippen LogP contribution in [0.25, 0.3) is 0 Å². The number of hydrogen-bond donors (Lipinski definition) is 1. The van der Waals surface area contributed by atoms with Gasteiger partial charge in [0.15, 0.2) is 0 Å². The fourth-order valence-electron chi connectivity index (χ4n) is 3.40. The summed E-state index contributed by atoms with van der Waals surface area (Å²) in [5.41, 5.74) is 2.45. The number of benzene rings is 2. The molecule has 4 heteroatoms. The minimum absolute atomic E-state index is 0.0127. The summed E-state index contributed by atoms with van der Waals surface area (Å²) in [5.74, 6) is 0. The third kappa shape index (κ3) is 3.52. The highest BCUT2D eigenvalue weighted by Gasteiger charge is 2.48. The lowest BCUT2D eigenvalue weighted by Gasteiger charge is -2.18. The van der Waals surface area contributed by atoms with Crippen molar-refractivity contribution in [2.45, 2.75) is 37.5 Å². The van der Waals surface area contributed by atoms with Crippen LogP contribution in [0.2, 0.25) is 0 Å². The first-order chi connectivity index (χ1) is 11.9. The van der Waals surface area contributed by atoms with Crippen LogP contribution in [0.1, 0.15) is 11.1 Å². The second kappa shape index (κ2) is 7.45. The van der Waals surface area contributed by atoms with E-state index in [0.717, 1.165) is 6.54 Å². The second-order valence-electron chi connectivity index (χ2n) is 6.40. The van der Waals surface area contributed by atoms with Crippen molar-refractivity contribution in [3.63, 3.8) is 0 Å². The molecule has 2 aliphatic rings. The molecule has 0 bridgehead atoms. The molecule has 126 valence electrons. The number of rotatable bonds is 6. The molecule has 4 atom stereocenters. The Kier molecular flexibility index (Phi) is 4.90. The fourth-order valence-corrected chi connectivity index (χ4v) is 3.40. The molecule has 0 unspecified atom stereocenters.